The van der Waals surface area contributed by atoms with Crippen LogP contribution in [0.25, 0.3) is 0 Å². The molecule has 0 bridgehead atoms. The number of halogens is 1. The van der Waals surface area contributed by atoms with Crippen molar-refractivity contribution in [2.45, 2.75) is 26.0 Å². The second-order valence-electron chi connectivity index (χ2n) is 3.02. The average molecular weight is 315 g/mol. The minimum atomic E-state index is -0.730. The standard InChI is InChI=1S/C8H14INO4/c1-4(7(10)8(9)13)6(3-11)14-5(2)12/h4,6-7,11H,3,10H2,1-2H3/t4?,6-,7-/m0/s1. The van der Waals surface area contributed by atoms with E-state index in [1.165, 1.54) is 6.92 Å². The normalized spacial score (nSPS) is 16.9. The van der Waals surface area contributed by atoms with Crippen molar-refractivity contribution in [3.8, 4) is 0 Å². The third-order valence-corrected chi connectivity index (χ3v) is 2.63. The molecular formula is C8H14INO4. The summed E-state index contributed by atoms with van der Waals surface area (Å²) in [4.78, 5) is 21.6. The van der Waals surface area contributed by atoms with Crippen molar-refractivity contribution in [2.75, 3.05) is 6.61 Å². The lowest BCUT2D eigenvalue weighted by Gasteiger charge is -2.24. The summed E-state index contributed by atoms with van der Waals surface area (Å²) in [6, 6.07) is -0.730. The molecule has 0 aliphatic carbocycles. The van der Waals surface area contributed by atoms with Crippen LogP contribution in [-0.4, -0.2) is 33.6 Å². The Morgan fingerprint density at radius 1 is 1.57 bits per heavy atom. The first-order chi connectivity index (χ1) is 6.40. The van der Waals surface area contributed by atoms with Crippen LogP contribution in [0.4, 0.5) is 0 Å². The Morgan fingerprint density at radius 2 is 2.07 bits per heavy atom. The number of aliphatic hydroxyl groups is 1. The fourth-order valence-corrected chi connectivity index (χ4v) is 1.53. The predicted molar refractivity (Wildman–Crippen MR) is 58.8 cm³/mol. The van der Waals surface area contributed by atoms with Gasteiger partial charge in [0, 0.05) is 35.4 Å². The Labute approximate surface area is 96.1 Å². The fraction of sp³-hybridized carbons (Fsp3) is 0.750. The van der Waals surface area contributed by atoms with Crippen LogP contribution >= 0.6 is 22.6 Å². The molecule has 0 aromatic carbocycles. The first-order valence-electron chi connectivity index (χ1n) is 4.13. The number of esters is 1. The maximum Gasteiger partial charge on any atom is 0.302 e. The van der Waals surface area contributed by atoms with E-state index >= 15 is 0 Å². The minimum absolute atomic E-state index is 0.222. The van der Waals surface area contributed by atoms with Gasteiger partial charge in [-0.2, -0.15) is 0 Å². The van der Waals surface area contributed by atoms with Crippen molar-refractivity contribution in [2.24, 2.45) is 11.7 Å². The molecule has 0 aromatic heterocycles. The van der Waals surface area contributed by atoms with E-state index in [9.17, 15) is 9.59 Å². The largest absolute Gasteiger partial charge is 0.460 e. The van der Waals surface area contributed by atoms with Crippen molar-refractivity contribution < 1.29 is 19.4 Å². The smallest absolute Gasteiger partial charge is 0.302 e. The summed E-state index contributed by atoms with van der Waals surface area (Å²) in [6.45, 7) is 2.57. The van der Waals surface area contributed by atoms with E-state index in [4.69, 9.17) is 15.6 Å². The second-order valence-corrected chi connectivity index (χ2v) is 4.08. The molecule has 14 heavy (non-hydrogen) atoms. The molecule has 6 heteroatoms. The Balaban J connectivity index is 4.36. The van der Waals surface area contributed by atoms with Crippen molar-refractivity contribution in [3.05, 3.63) is 0 Å². The number of rotatable bonds is 5. The first-order valence-corrected chi connectivity index (χ1v) is 5.21. The molecule has 5 nitrogen and oxygen atoms in total. The quantitative estimate of drug-likeness (QED) is 0.418. The van der Waals surface area contributed by atoms with E-state index in [-0.39, 0.29) is 10.4 Å². The molecule has 1 unspecified atom stereocenters. The van der Waals surface area contributed by atoms with Crippen molar-refractivity contribution in [3.63, 3.8) is 0 Å². The zero-order valence-corrected chi connectivity index (χ0v) is 10.2. The third-order valence-electron chi connectivity index (χ3n) is 1.91. The Morgan fingerprint density at radius 3 is 2.36 bits per heavy atom. The number of ether oxygens (including phenoxy) is 1. The van der Waals surface area contributed by atoms with E-state index in [0.717, 1.165) is 0 Å². The van der Waals surface area contributed by atoms with E-state index < -0.39 is 24.0 Å². The topological polar surface area (TPSA) is 89.6 Å². The van der Waals surface area contributed by atoms with Crippen molar-refractivity contribution in [1.82, 2.24) is 0 Å². The molecule has 0 aliphatic rings. The highest BCUT2D eigenvalue weighted by Crippen LogP contribution is 2.13. The van der Waals surface area contributed by atoms with E-state index in [1.54, 1.807) is 29.5 Å². The van der Waals surface area contributed by atoms with Gasteiger partial charge in [-0.3, -0.25) is 9.59 Å². The van der Waals surface area contributed by atoms with E-state index in [0.29, 0.717) is 0 Å². The summed E-state index contributed by atoms with van der Waals surface area (Å²) >= 11 is 1.58. The van der Waals surface area contributed by atoms with Gasteiger partial charge in [0.25, 0.3) is 0 Å². The molecule has 0 amide bonds. The highest BCUT2D eigenvalue weighted by atomic mass is 127. The van der Waals surface area contributed by atoms with Crippen LogP contribution in [0.5, 0.6) is 0 Å². The average Bonchev–Trinajstić information content (AvgIpc) is 2.11. The lowest BCUT2D eigenvalue weighted by molar-refractivity contribution is -0.152. The number of carbonyl (C=O) groups is 2. The zero-order valence-electron chi connectivity index (χ0n) is 8.07. The number of carbonyl (C=O) groups excluding carboxylic acids is 2. The molecule has 82 valence electrons. The van der Waals surface area contributed by atoms with Gasteiger partial charge in [-0.25, -0.2) is 0 Å². The molecule has 0 saturated carbocycles. The predicted octanol–water partition coefficient (Wildman–Crippen LogP) is -0.165. The summed E-state index contributed by atoms with van der Waals surface area (Å²) in [5.74, 6) is -0.891. The maximum atomic E-state index is 10.9. The van der Waals surface area contributed by atoms with Crippen molar-refractivity contribution >= 4 is 32.4 Å². The van der Waals surface area contributed by atoms with Crippen LogP contribution < -0.4 is 5.73 Å². The second kappa shape index (κ2) is 6.31. The molecule has 0 radical (unpaired) electrons. The van der Waals surface area contributed by atoms with Gasteiger partial charge in [0.2, 0.25) is 3.79 Å². The van der Waals surface area contributed by atoms with Gasteiger partial charge in [0.05, 0.1) is 12.6 Å². The van der Waals surface area contributed by atoms with E-state index in [1.807, 2.05) is 0 Å². The Hall–Kier alpha value is -0.210. The van der Waals surface area contributed by atoms with Crippen LogP contribution in [0.3, 0.4) is 0 Å². The summed E-state index contributed by atoms with van der Waals surface area (Å²) < 4.78 is 4.59. The van der Waals surface area contributed by atoms with Crippen LogP contribution in [-0.2, 0) is 14.3 Å². The number of aliphatic hydroxyl groups excluding tert-OH is 1. The van der Waals surface area contributed by atoms with Gasteiger partial charge in [-0.05, 0) is 0 Å². The lowest BCUT2D eigenvalue weighted by Crippen LogP contribution is -2.43. The van der Waals surface area contributed by atoms with Crippen LogP contribution in [0.2, 0.25) is 0 Å². The first kappa shape index (κ1) is 13.8. The van der Waals surface area contributed by atoms with Gasteiger partial charge >= 0.3 is 5.97 Å². The van der Waals surface area contributed by atoms with Gasteiger partial charge in [-0.1, -0.05) is 6.92 Å². The molecular weight excluding hydrogens is 301 g/mol. The molecule has 0 rings (SSSR count). The molecule has 3 atom stereocenters. The Bertz CT molecular complexity index is 221. The molecule has 0 saturated heterocycles. The molecule has 0 aliphatic heterocycles. The summed E-state index contributed by atoms with van der Waals surface area (Å²) in [5.41, 5.74) is 5.55. The molecule has 3 N–H and O–H groups in total. The SMILES string of the molecule is CC(=O)O[C@@H](CO)C(C)[C@H](N)C(=O)I. The number of hydrogen-bond acceptors (Lipinski definition) is 5. The third kappa shape index (κ3) is 4.34. The molecule has 0 heterocycles. The van der Waals surface area contributed by atoms with Gasteiger partial charge < -0.3 is 15.6 Å². The zero-order chi connectivity index (χ0) is 11.3. The molecule has 0 spiro atoms. The molecule has 0 fully saturated rings. The minimum Gasteiger partial charge on any atom is -0.460 e. The highest BCUT2D eigenvalue weighted by molar-refractivity contribution is 14.1. The van der Waals surface area contributed by atoms with Crippen LogP contribution in [0.1, 0.15) is 13.8 Å². The molecule has 0 aromatic rings. The van der Waals surface area contributed by atoms with Crippen LogP contribution in [0, 0.1) is 5.92 Å². The lowest BCUT2D eigenvalue weighted by atomic mass is 9.98. The van der Waals surface area contributed by atoms with Gasteiger partial charge in [0.15, 0.2) is 0 Å². The van der Waals surface area contributed by atoms with Crippen LogP contribution in [0.15, 0.2) is 0 Å². The maximum absolute atomic E-state index is 10.9. The summed E-state index contributed by atoms with van der Waals surface area (Å²) in [5, 5.41) is 8.93. The summed E-state index contributed by atoms with van der Waals surface area (Å²) in [6.07, 6.45) is -0.721. The summed E-state index contributed by atoms with van der Waals surface area (Å²) in [7, 11) is 0. The van der Waals surface area contributed by atoms with Gasteiger partial charge in [0.1, 0.15) is 6.10 Å². The fourth-order valence-electron chi connectivity index (χ4n) is 0.962. The Kier molecular flexibility index (Phi) is 6.21. The van der Waals surface area contributed by atoms with Gasteiger partial charge in [-0.15, -0.1) is 0 Å². The number of nitrogens with two attached hydrogens (primary N) is 1. The monoisotopic (exact) mass is 315 g/mol. The highest BCUT2D eigenvalue weighted by Gasteiger charge is 2.28. The number of hydrogen-bond donors (Lipinski definition) is 2. The van der Waals surface area contributed by atoms with Crippen molar-refractivity contribution in [1.29, 1.82) is 0 Å². The van der Waals surface area contributed by atoms with E-state index in [2.05, 4.69) is 0 Å².